The molecule has 0 saturated heterocycles. The molecule has 146 valence electrons. The van der Waals surface area contributed by atoms with E-state index in [1.165, 1.54) is 12.1 Å². The van der Waals surface area contributed by atoms with Crippen LogP contribution in [0.1, 0.15) is 12.5 Å². The average Bonchev–Trinajstić information content (AvgIpc) is 2.72. The van der Waals surface area contributed by atoms with Gasteiger partial charge in [-0.05, 0) is 48.4 Å². The first-order valence-corrected chi connectivity index (χ1v) is 10.4. The lowest BCUT2D eigenvalue weighted by Crippen LogP contribution is -2.12. The number of hydrogen-bond donors (Lipinski definition) is 1. The molecule has 3 rings (SSSR count). The number of ether oxygens (including phenoxy) is 1. The maximum Gasteiger partial charge on any atom is 0.339 e. The van der Waals surface area contributed by atoms with Crippen LogP contribution < -0.4 is 14.2 Å². The number of nitrogens with zero attached hydrogens (tertiary/aromatic N) is 1. The molecular weight excluding hydrogens is 376 g/mol. The van der Waals surface area contributed by atoms with Crippen molar-refractivity contribution in [2.45, 2.75) is 18.2 Å². The Bertz CT molecular complexity index is 993. The summed E-state index contributed by atoms with van der Waals surface area (Å²) in [5, 5.41) is 3.23. The van der Waals surface area contributed by atoms with E-state index < -0.39 is 10.1 Å². The molecule has 0 aliphatic carbocycles. The zero-order chi connectivity index (χ0) is 19.8. The van der Waals surface area contributed by atoms with Crippen molar-refractivity contribution in [1.29, 1.82) is 0 Å². The van der Waals surface area contributed by atoms with Crippen molar-refractivity contribution in [3.8, 4) is 11.5 Å². The molecule has 0 unspecified atom stereocenters. The van der Waals surface area contributed by atoms with E-state index in [-0.39, 0.29) is 10.6 Å². The predicted molar refractivity (Wildman–Crippen MR) is 108 cm³/mol. The Balaban J connectivity index is 1.66. The molecule has 0 amide bonds. The monoisotopic (exact) mass is 398 g/mol. The molecule has 1 aromatic heterocycles. The summed E-state index contributed by atoms with van der Waals surface area (Å²) in [7, 11) is -3.89. The maximum atomic E-state index is 12.5. The summed E-state index contributed by atoms with van der Waals surface area (Å²) in [4.78, 5) is 4.08. The van der Waals surface area contributed by atoms with E-state index in [0.717, 1.165) is 17.7 Å². The van der Waals surface area contributed by atoms with Crippen LogP contribution in [0.4, 0.5) is 5.69 Å². The lowest BCUT2D eigenvalue weighted by atomic mass is 10.1. The van der Waals surface area contributed by atoms with Crippen molar-refractivity contribution in [3.63, 3.8) is 0 Å². The van der Waals surface area contributed by atoms with Crippen LogP contribution in [0, 0.1) is 0 Å². The van der Waals surface area contributed by atoms with Gasteiger partial charge in [-0.1, -0.05) is 25.1 Å². The first-order valence-electron chi connectivity index (χ1n) is 8.97. The molecule has 0 radical (unpaired) electrons. The van der Waals surface area contributed by atoms with Gasteiger partial charge in [0, 0.05) is 30.7 Å². The molecule has 0 aliphatic rings. The summed E-state index contributed by atoms with van der Waals surface area (Å²) in [5.41, 5.74) is 1.89. The van der Waals surface area contributed by atoms with Crippen LogP contribution in [0.2, 0.25) is 0 Å². The molecule has 1 heterocycles. The van der Waals surface area contributed by atoms with Gasteiger partial charge in [0.05, 0.1) is 0 Å². The number of rotatable bonds is 9. The molecule has 28 heavy (non-hydrogen) atoms. The van der Waals surface area contributed by atoms with Crippen LogP contribution >= 0.6 is 0 Å². The minimum Gasteiger partial charge on any atom is -0.492 e. The van der Waals surface area contributed by atoms with E-state index in [4.69, 9.17) is 8.92 Å². The van der Waals surface area contributed by atoms with Gasteiger partial charge in [0.15, 0.2) is 0 Å². The fourth-order valence-electron chi connectivity index (χ4n) is 2.56. The summed E-state index contributed by atoms with van der Waals surface area (Å²) in [6.45, 7) is 3.00. The summed E-state index contributed by atoms with van der Waals surface area (Å²) in [6.07, 6.45) is 4.16. The molecule has 0 spiro atoms. The predicted octanol–water partition coefficient (Wildman–Crippen LogP) is 3.90. The number of aryl methyl sites for hydroxylation is 1. The number of pyridine rings is 1. The normalized spacial score (nSPS) is 11.0. The lowest BCUT2D eigenvalue weighted by Gasteiger charge is -2.12. The van der Waals surface area contributed by atoms with Crippen LogP contribution in [0.15, 0.2) is 78.0 Å². The van der Waals surface area contributed by atoms with Gasteiger partial charge >= 0.3 is 10.1 Å². The van der Waals surface area contributed by atoms with Gasteiger partial charge in [-0.2, -0.15) is 8.42 Å². The molecule has 0 fully saturated rings. The van der Waals surface area contributed by atoms with Crippen LogP contribution in [-0.2, 0) is 16.5 Å². The Labute approximate surface area is 165 Å². The molecule has 3 aromatic rings. The summed E-state index contributed by atoms with van der Waals surface area (Å²) < 4.78 is 36.0. The van der Waals surface area contributed by atoms with Gasteiger partial charge < -0.3 is 14.2 Å². The number of hydrogen-bond acceptors (Lipinski definition) is 6. The molecule has 0 saturated carbocycles. The van der Waals surface area contributed by atoms with Crippen molar-refractivity contribution >= 4 is 15.8 Å². The highest BCUT2D eigenvalue weighted by Crippen LogP contribution is 2.26. The second-order valence-corrected chi connectivity index (χ2v) is 7.57. The molecular formula is C21H22N2O4S. The van der Waals surface area contributed by atoms with Crippen LogP contribution in [0.3, 0.4) is 0 Å². The topological polar surface area (TPSA) is 77.5 Å². The summed E-state index contributed by atoms with van der Waals surface area (Å²) in [5.74, 6) is 0.800. The van der Waals surface area contributed by atoms with Gasteiger partial charge in [-0.25, -0.2) is 0 Å². The minimum atomic E-state index is -3.89. The van der Waals surface area contributed by atoms with Gasteiger partial charge in [-0.3, -0.25) is 4.98 Å². The molecule has 0 aliphatic heterocycles. The fourth-order valence-corrected chi connectivity index (χ4v) is 3.50. The Morgan fingerprint density at radius 2 is 1.68 bits per heavy atom. The number of benzene rings is 2. The maximum absolute atomic E-state index is 12.5. The molecule has 7 heteroatoms. The lowest BCUT2D eigenvalue weighted by molar-refractivity contribution is 0.331. The first-order chi connectivity index (χ1) is 13.6. The molecule has 2 aromatic carbocycles. The molecule has 0 atom stereocenters. The van der Waals surface area contributed by atoms with Crippen LogP contribution in [-0.4, -0.2) is 26.6 Å². The van der Waals surface area contributed by atoms with E-state index in [0.29, 0.717) is 18.9 Å². The summed E-state index contributed by atoms with van der Waals surface area (Å²) >= 11 is 0. The zero-order valence-corrected chi connectivity index (χ0v) is 16.4. The Morgan fingerprint density at radius 3 is 2.39 bits per heavy atom. The van der Waals surface area contributed by atoms with Crippen LogP contribution in [0.25, 0.3) is 0 Å². The van der Waals surface area contributed by atoms with Crippen molar-refractivity contribution < 1.29 is 17.3 Å². The molecule has 6 nitrogen and oxygen atoms in total. The van der Waals surface area contributed by atoms with Gasteiger partial charge in [0.1, 0.15) is 23.0 Å². The fraction of sp³-hybridized carbons (Fsp3) is 0.190. The third kappa shape index (κ3) is 5.47. The quantitative estimate of drug-likeness (QED) is 0.435. The highest BCUT2D eigenvalue weighted by molar-refractivity contribution is 7.87. The van der Waals surface area contributed by atoms with E-state index in [1.54, 1.807) is 42.7 Å². The number of nitrogens with one attached hydrogen (secondary N) is 1. The van der Waals surface area contributed by atoms with E-state index in [2.05, 4.69) is 10.3 Å². The Morgan fingerprint density at radius 1 is 0.964 bits per heavy atom. The summed E-state index contributed by atoms with van der Waals surface area (Å²) in [6, 6.07) is 17.0. The van der Waals surface area contributed by atoms with Crippen molar-refractivity contribution in [2.24, 2.45) is 0 Å². The highest BCUT2D eigenvalue weighted by Gasteiger charge is 2.17. The third-order valence-electron chi connectivity index (χ3n) is 3.97. The second kappa shape index (κ2) is 9.23. The van der Waals surface area contributed by atoms with Gasteiger partial charge in [-0.15, -0.1) is 0 Å². The number of anilines is 1. The average molecular weight is 398 g/mol. The number of aromatic nitrogens is 1. The standard InChI is InChI=1S/C21H22N2O4S/c1-2-17-14-19(26-13-12-23-18-8-10-22-11-9-18)16-20(15-17)27-28(24,25)21-6-4-3-5-7-21/h3-11,14-16H,2,12-13H2,1H3,(H,22,23). The van der Waals surface area contributed by atoms with Crippen LogP contribution in [0.5, 0.6) is 11.5 Å². The second-order valence-electron chi connectivity index (χ2n) is 6.03. The molecule has 0 bridgehead atoms. The SMILES string of the molecule is CCc1cc(OCCNc2ccncc2)cc(OS(=O)(=O)c2ccccc2)c1. The first kappa shape index (κ1) is 19.7. The smallest absolute Gasteiger partial charge is 0.339 e. The van der Waals surface area contributed by atoms with Gasteiger partial charge in [0.2, 0.25) is 0 Å². The van der Waals surface area contributed by atoms with Crippen molar-refractivity contribution in [3.05, 3.63) is 78.6 Å². The Hall–Kier alpha value is -3.06. The Kier molecular flexibility index (Phi) is 6.49. The van der Waals surface area contributed by atoms with E-state index >= 15 is 0 Å². The third-order valence-corrected chi connectivity index (χ3v) is 5.23. The van der Waals surface area contributed by atoms with E-state index in [1.807, 2.05) is 25.1 Å². The van der Waals surface area contributed by atoms with Gasteiger partial charge in [0.25, 0.3) is 0 Å². The van der Waals surface area contributed by atoms with Crippen molar-refractivity contribution in [1.82, 2.24) is 4.98 Å². The highest BCUT2D eigenvalue weighted by atomic mass is 32.2. The van der Waals surface area contributed by atoms with Crippen molar-refractivity contribution in [2.75, 3.05) is 18.5 Å². The molecule has 1 N–H and O–H groups in total. The minimum absolute atomic E-state index is 0.112. The zero-order valence-electron chi connectivity index (χ0n) is 15.5. The largest absolute Gasteiger partial charge is 0.492 e. The van der Waals surface area contributed by atoms with E-state index in [9.17, 15) is 8.42 Å².